The van der Waals surface area contributed by atoms with Crippen LogP contribution in [-0.4, -0.2) is 66.2 Å². The number of ether oxygens (including phenoxy) is 4. The van der Waals surface area contributed by atoms with Gasteiger partial charge in [0.25, 0.3) is 5.91 Å². The van der Waals surface area contributed by atoms with E-state index < -0.39 is 11.9 Å². The number of amides is 2. The molecule has 44 heavy (non-hydrogen) atoms. The summed E-state index contributed by atoms with van der Waals surface area (Å²) in [5.41, 5.74) is 1.98. The fourth-order valence-electron chi connectivity index (χ4n) is 4.06. The fourth-order valence-corrected chi connectivity index (χ4v) is 5.10. The highest BCUT2D eigenvalue weighted by atomic mass is 79.9. The summed E-state index contributed by atoms with van der Waals surface area (Å²) in [6, 6.07) is 17.0. The van der Waals surface area contributed by atoms with Crippen LogP contribution in [0.5, 0.6) is 17.2 Å². The number of carbonyl (C=O) groups is 3. The van der Waals surface area contributed by atoms with Gasteiger partial charge < -0.3 is 29.6 Å². The Balaban J connectivity index is 1.48. The second-order valence-electron chi connectivity index (χ2n) is 8.94. The monoisotopic (exact) mass is 683 g/mol. The van der Waals surface area contributed by atoms with E-state index in [-0.39, 0.29) is 24.8 Å². The summed E-state index contributed by atoms with van der Waals surface area (Å²) in [5, 5.41) is 14.7. The van der Waals surface area contributed by atoms with E-state index in [1.54, 1.807) is 47.9 Å². The van der Waals surface area contributed by atoms with Gasteiger partial charge in [-0.25, -0.2) is 4.79 Å². The first kappa shape index (κ1) is 32.4. The molecule has 3 aromatic carbocycles. The van der Waals surface area contributed by atoms with Crippen molar-refractivity contribution in [3.05, 3.63) is 82.1 Å². The van der Waals surface area contributed by atoms with Crippen molar-refractivity contribution in [1.29, 1.82) is 0 Å². The van der Waals surface area contributed by atoms with Gasteiger partial charge in [0.2, 0.25) is 11.7 Å². The van der Waals surface area contributed by atoms with Gasteiger partial charge in [0.05, 0.1) is 45.8 Å². The highest BCUT2D eigenvalue weighted by Gasteiger charge is 2.20. The summed E-state index contributed by atoms with van der Waals surface area (Å²) in [6.45, 7) is 2.05. The predicted molar refractivity (Wildman–Crippen MR) is 168 cm³/mol. The normalized spacial score (nSPS) is 10.6. The molecular formula is C30H30BrN5O7S. The molecule has 4 aromatic rings. The van der Waals surface area contributed by atoms with Crippen LogP contribution in [0.4, 0.5) is 5.69 Å². The number of methoxy groups -OCH3 is 3. The topological polar surface area (TPSA) is 143 Å². The van der Waals surface area contributed by atoms with Gasteiger partial charge >= 0.3 is 5.97 Å². The van der Waals surface area contributed by atoms with Gasteiger partial charge in [-0.15, -0.1) is 10.2 Å². The molecule has 0 spiro atoms. The van der Waals surface area contributed by atoms with Gasteiger partial charge in [0.15, 0.2) is 22.5 Å². The molecule has 0 unspecified atom stereocenters. The molecule has 230 valence electrons. The molecule has 0 saturated carbocycles. The van der Waals surface area contributed by atoms with Gasteiger partial charge in [-0.05, 0) is 67.6 Å². The largest absolute Gasteiger partial charge is 0.493 e. The average Bonchev–Trinajstić information content (AvgIpc) is 3.45. The van der Waals surface area contributed by atoms with Crippen LogP contribution < -0.4 is 24.8 Å². The standard InChI is InChI=1S/C30H30BrN5O7S/c1-5-43-29(39)18-6-10-21(11-7-18)33-26(37)17-44-30-35-34-25(36(30)22-12-8-20(31)9-13-22)16-32-28(38)19-14-23(40-2)27(42-4)24(15-19)41-3/h6-15H,5,16-17H2,1-4H3,(H,32,38)(H,33,37). The fraction of sp³-hybridized carbons (Fsp3) is 0.233. The summed E-state index contributed by atoms with van der Waals surface area (Å²) in [6.07, 6.45) is 0. The molecule has 2 N–H and O–H groups in total. The molecule has 0 bridgehead atoms. The van der Waals surface area contributed by atoms with Crippen LogP contribution in [0.3, 0.4) is 0 Å². The summed E-state index contributed by atoms with van der Waals surface area (Å²) < 4.78 is 23.7. The van der Waals surface area contributed by atoms with Crippen LogP contribution in [0.2, 0.25) is 0 Å². The van der Waals surface area contributed by atoms with Gasteiger partial charge in [-0.3, -0.25) is 14.2 Å². The Morgan fingerprint density at radius 3 is 2.14 bits per heavy atom. The molecule has 4 rings (SSSR count). The van der Waals surface area contributed by atoms with E-state index >= 15 is 0 Å². The van der Waals surface area contributed by atoms with E-state index in [9.17, 15) is 14.4 Å². The van der Waals surface area contributed by atoms with Crippen molar-refractivity contribution in [3.8, 4) is 22.9 Å². The van der Waals surface area contributed by atoms with E-state index in [4.69, 9.17) is 18.9 Å². The molecule has 0 aliphatic heterocycles. The molecule has 0 aliphatic rings. The van der Waals surface area contributed by atoms with E-state index in [0.29, 0.717) is 45.0 Å². The number of halogens is 1. The quantitative estimate of drug-likeness (QED) is 0.148. The molecule has 12 nitrogen and oxygen atoms in total. The molecule has 0 aliphatic carbocycles. The van der Waals surface area contributed by atoms with Crippen molar-refractivity contribution in [1.82, 2.24) is 20.1 Å². The zero-order valence-electron chi connectivity index (χ0n) is 24.4. The number of nitrogens with zero attached hydrogens (tertiary/aromatic N) is 3. The lowest BCUT2D eigenvalue weighted by Crippen LogP contribution is -2.25. The number of anilines is 1. The molecule has 1 heterocycles. The number of esters is 1. The van der Waals surface area contributed by atoms with Crippen molar-refractivity contribution in [2.45, 2.75) is 18.6 Å². The lowest BCUT2D eigenvalue weighted by molar-refractivity contribution is -0.113. The smallest absolute Gasteiger partial charge is 0.338 e. The van der Waals surface area contributed by atoms with Gasteiger partial charge in [0, 0.05) is 21.4 Å². The van der Waals surface area contributed by atoms with Crippen LogP contribution in [0.15, 0.2) is 70.3 Å². The maximum absolute atomic E-state index is 13.1. The molecule has 1 aromatic heterocycles. The zero-order valence-corrected chi connectivity index (χ0v) is 26.8. The Kier molecular flexibility index (Phi) is 11.2. The lowest BCUT2D eigenvalue weighted by atomic mass is 10.1. The molecule has 2 amide bonds. The first-order valence-corrected chi connectivity index (χ1v) is 15.0. The second-order valence-corrected chi connectivity index (χ2v) is 10.8. The number of carbonyl (C=O) groups excluding carboxylic acids is 3. The average molecular weight is 685 g/mol. The number of aromatic nitrogens is 3. The number of nitrogens with one attached hydrogen (secondary N) is 2. The van der Waals surface area contributed by atoms with Gasteiger partial charge in [-0.2, -0.15) is 0 Å². The van der Waals surface area contributed by atoms with E-state index in [0.717, 1.165) is 10.2 Å². The Bertz CT molecular complexity index is 1600. The second kappa shape index (κ2) is 15.3. The van der Waals surface area contributed by atoms with Crippen molar-refractivity contribution in [2.75, 3.05) is 39.0 Å². The molecule has 0 saturated heterocycles. The summed E-state index contributed by atoms with van der Waals surface area (Å²) >= 11 is 4.63. The number of benzene rings is 3. The first-order chi connectivity index (χ1) is 21.3. The lowest BCUT2D eigenvalue weighted by Gasteiger charge is -2.14. The number of rotatable bonds is 13. The van der Waals surface area contributed by atoms with Crippen molar-refractivity contribution in [3.63, 3.8) is 0 Å². The third kappa shape index (κ3) is 7.88. The number of hydrogen-bond acceptors (Lipinski definition) is 10. The van der Waals surface area contributed by atoms with Crippen molar-refractivity contribution < 1.29 is 33.3 Å². The Labute approximate surface area is 266 Å². The molecule has 0 atom stereocenters. The van der Waals surface area contributed by atoms with Gasteiger partial charge in [0.1, 0.15) is 0 Å². The van der Waals surface area contributed by atoms with Crippen molar-refractivity contribution in [2.24, 2.45) is 0 Å². The molecule has 14 heteroatoms. The molecule has 0 radical (unpaired) electrons. The first-order valence-electron chi connectivity index (χ1n) is 13.3. The van der Waals surface area contributed by atoms with Crippen LogP contribution in [-0.2, 0) is 16.1 Å². The van der Waals surface area contributed by atoms with Crippen LogP contribution >= 0.6 is 27.7 Å². The van der Waals surface area contributed by atoms with E-state index in [1.807, 2.05) is 24.3 Å². The maximum atomic E-state index is 13.1. The minimum absolute atomic E-state index is 0.0338. The van der Waals surface area contributed by atoms with Crippen LogP contribution in [0.1, 0.15) is 33.5 Å². The van der Waals surface area contributed by atoms with E-state index in [1.165, 1.54) is 33.1 Å². The van der Waals surface area contributed by atoms with Crippen LogP contribution in [0, 0.1) is 0 Å². The van der Waals surface area contributed by atoms with Gasteiger partial charge in [-0.1, -0.05) is 27.7 Å². The number of hydrogen-bond donors (Lipinski definition) is 2. The highest BCUT2D eigenvalue weighted by Crippen LogP contribution is 2.38. The third-order valence-electron chi connectivity index (χ3n) is 6.13. The van der Waals surface area contributed by atoms with Crippen molar-refractivity contribution >= 4 is 51.2 Å². The molecular weight excluding hydrogens is 654 g/mol. The van der Waals surface area contributed by atoms with Crippen LogP contribution in [0.25, 0.3) is 5.69 Å². The zero-order chi connectivity index (χ0) is 31.6. The molecule has 0 fully saturated rings. The Morgan fingerprint density at radius 2 is 1.55 bits per heavy atom. The summed E-state index contributed by atoms with van der Waals surface area (Å²) in [4.78, 5) is 37.7. The SMILES string of the molecule is CCOC(=O)c1ccc(NC(=O)CSc2nnc(CNC(=O)c3cc(OC)c(OC)c(OC)c3)n2-c2ccc(Br)cc2)cc1. The maximum Gasteiger partial charge on any atom is 0.338 e. The summed E-state index contributed by atoms with van der Waals surface area (Å²) in [7, 11) is 4.43. The number of thioether (sulfide) groups is 1. The Morgan fingerprint density at radius 1 is 0.886 bits per heavy atom. The summed E-state index contributed by atoms with van der Waals surface area (Å²) in [5.74, 6) is 0.462. The predicted octanol–water partition coefficient (Wildman–Crippen LogP) is 4.89. The minimum Gasteiger partial charge on any atom is -0.493 e. The highest BCUT2D eigenvalue weighted by molar-refractivity contribution is 9.10. The van der Waals surface area contributed by atoms with E-state index in [2.05, 4.69) is 36.8 Å². The minimum atomic E-state index is -0.427. The third-order valence-corrected chi connectivity index (χ3v) is 7.59. The Hall–Kier alpha value is -4.56.